The largest absolute Gasteiger partial charge is 0.289 e. The summed E-state index contributed by atoms with van der Waals surface area (Å²) in [5, 5.41) is 0. The summed E-state index contributed by atoms with van der Waals surface area (Å²) in [6.07, 6.45) is 0. The summed E-state index contributed by atoms with van der Waals surface area (Å²) in [4.78, 5) is 12.4. The van der Waals surface area contributed by atoms with Crippen LogP contribution in [0, 0.1) is 26.6 Å². The second-order valence-electron chi connectivity index (χ2n) is 4.54. The third-order valence-electron chi connectivity index (χ3n) is 3.28. The molecule has 2 aromatic rings. The highest BCUT2D eigenvalue weighted by atomic mass is 19.1. The van der Waals surface area contributed by atoms with Crippen molar-refractivity contribution in [1.82, 2.24) is 0 Å². The fourth-order valence-electron chi connectivity index (χ4n) is 2.02. The quantitative estimate of drug-likeness (QED) is 0.728. The first-order valence-corrected chi connectivity index (χ1v) is 5.88. The van der Waals surface area contributed by atoms with Gasteiger partial charge in [-0.2, -0.15) is 0 Å². The Balaban J connectivity index is 2.51. The fourth-order valence-corrected chi connectivity index (χ4v) is 2.02. The highest BCUT2D eigenvalue weighted by molar-refractivity contribution is 6.10. The van der Waals surface area contributed by atoms with Gasteiger partial charge >= 0.3 is 0 Å². The van der Waals surface area contributed by atoms with E-state index in [1.807, 2.05) is 32.0 Å². The Morgan fingerprint density at radius 3 is 2.33 bits per heavy atom. The van der Waals surface area contributed by atoms with E-state index in [9.17, 15) is 9.18 Å². The van der Waals surface area contributed by atoms with Crippen LogP contribution in [0.1, 0.15) is 32.6 Å². The molecule has 0 aliphatic carbocycles. The highest BCUT2D eigenvalue weighted by Gasteiger charge is 2.14. The zero-order chi connectivity index (χ0) is 13.3. The van der Waals surface area contributed by atoms with Crippen LogP contribution in [0.4, 0.5) is 4.39 Å². The van der Waals surface area contributed by atoms with Crippen molar-refractivity contribution in [3.63, 3.8) is 0 Å². The summed E-state index contributed by atoms with van der Waals surface area (Å²) in [5.41, 5.74) is 3.97. The van der Waals surface area contributed by atoms with Crippen molar-refractivity contribution in [2.75, 3.05) is 0 Å². The van der Waals surface area contributed by atoms with Gasteiger partial charge in [-0.15, -0.1) is 0 Å². The van der Waals surface area contributed by atoms with E-state index in [0.29, 0.717) is 16.7 Å². The maximum Gasteiger partial charge on any atom is 0.193 e. The van der Waals surface area contributed by atoms with E-state index in [4.69, 9.17) is 0 Å². The van der Waals surface area contributed by atoms with Gasteiger partial charge in [0.25, 0.3) is 0 Å². The minimum Gasteiger partial charge on any atom is -0.289 e. The van der Waals surface area contributed by atoms with E-state index in [1.165, 1.54) is 12.1 Å². The number of aryl methyl sites for hydroxylation is 2. The number of ketones is 1. The number of halogens is 1. The van der Waals surface area contributed by atoms with Crippen molar-refractivity contribution in [3.05, 3.63) is 70.0 Å². The molecule has 0 amide bonds. The lowest BCUT2D eigenvalue weighted by Crippen LogP contribution is -2.06. The van der Waals surface area contributed by atoms with Gasteiger partial charge in [0, 0.05) is 11.1 Å². The molecule has 0 heterocycles. The van der Waals surface area contributed by atoms with Crippen LogP contribution >= 0.6 is 0 Å². The molecule has 0 fully saturated rings. The van der Waals surface area contributed by atoms with Gasteiger partial charge in [0.1, 0.15) is 5.82 Å². The van der Waals surface area contributed by atoms with Crippen LogP contribution in [0.15, 0.2) is 36.4 Å². The Hall–Kier alpha value is -1.96. The third-order valence-corrected chi connectivity index (χ3v) is 3.28. The molecule has 0 atom stereocenters. The second kappa shape index (κ2) is 4.73. The SMILES string of the molecule is Cc1cc(F)ccc1C(=O)c1cccc(C)c1C. The van der Waals surface area contributed by atoms with E-state index < -0.39 is 0 Å². The van der Waals surface area contributed by atoms with E-state index in [2.05, 4.69) is 0 Å². The minimum absolute atomic E-state index is 0.0475. The summed E-state index contributed by atoms with van der Waals surface area (Å²) < 4.78 is 13.0. The molecule has 0 saturated heterocycles. The van der Waals surface area contributed by atoms with Crippen molar-refractivity contribution in [1.29, 1.82) is 0 Å². The van der Waals surface area contributed by atoms with E-state index in [-0.39, 0.29) is 11.6 Å². The first-order chi connectivity index (χ1) is 8.50. The Morgan fingerprint density at radius 1 is 0.944 bits per heavy atom. The minimum atomic E-state index is -0.315. The molecule has 1 nitrogen and oxygen atoms in total. The van der Waals surface area contributed by atoms with Crippen LogP contribution in [0.3, 0.4) is 0 Å². The van der Waals surface area contributed by atoms with Gasteiger partial charge in [-0.3, -0.25) is 4.79 Å². The lowest BCUT2D eigenvalue weighted by molar-refractivity contribution is 0.103. The van der Waals surface area contributed by atoms with Crippen LogP contribution in [0.5, 0.6) is 0 Å². The standard InChI is InChI=1S/C16H15FO/c1-10-5-4-6-15(12(10)3)16(18)14-8-7-13(17)9-11(14)2/h4-9H,1-3H3. The Labute approximate surface area is 106 Å². The molecule has 0 N–H and O–H groups in total. The van der Waals surface area contributed by atoms with Gasteiger partial charge in [-0.1, -0.05) is 18.2 Å². The normalized spacial score (nSPS) is 10.4. The highest BCUT2D eigenvalue weighted by Crippen LogP contribution is 2.19. The molecule has 0 aliphatic heterocycles. The van der Waals surface area contributed by atoms with E-state index in [1.54, 1.807) is 13.0 Å². The smallest absolute Gasteiger partial charge is 0.193 e. The zero-order valence-electron chi connectivity index (χ0n) is 10.8. The molecule has 0 unspecified atom stereocenters. The average molecular weight is 242 g/mol. The monoisotopic (exact) mass is 242 g/mol. The first kappa shape index (κ1) is 12.5. The number of carbonyl (C=O) groups is 1. The van der Waals surface area contributed by atoms with Crippen molar-refractivity contribution >= 4 is 5.78 Å². The summed E-state index contributed by atoms with van der Waals surface area (Å²) in [7, 11) is 0. The Bertz CT molecular complexity index is 614. The molecule has 0 radical (unpaired) electrons. The number of benzene rings is 2. The van der Waals surface area contributed by atoms with Crippen molar-refractivity contribution < 1.29 is 9.18 Å². The van der Waals surface area contributed by atoms with Gasteiger partial charge in [0.15, 0.2) is 5.78 Å². The number of hydrogen-bond donors (Lipinski definition) is 0. The van der Waals surface area contributed by atoms with E-state index in [0.717, 1.165) is 11.1 Å². The van der Waals surface area contributed by atoms with Gasteiger partial charge in [0.05, 0.1) is 0 Å². The van der Waals surface area contributed by atoms with Crippen molar-refractivity contribution in [2.24, 2.45) is 0 Å². The van der Waals surface area contributed by atoms with Crippen LogP contribution in [0.25, 0.3) is 0 Å². The van der Waals surface area contributed by atoms with E-state index >= 15 is 0 Å². The Kier molecular flexibility index (Phi) is 3.28. The van der Waals surface area contributed by atoms with Crippen molar-refractivity contribution in [3.8, 4) is 0 Å². The molecule has 0 aromatic heterocycles. The average Bonchev–Trinajstić information content (AvgIpc) is 2.32. The maximum absolute atomic E-state index is 13.0. The topological polar surface area (TPSA) is 17.1 Å². The third kappa shape index (κ3) is 2.19. The van der Waals surface area contributed by atoms with Crippen LogP contribution in [-0.2, 0) is 0 Å². The molecule has 92 valence electrons. The predicted molar refractivity (Wildman–Crippen MR) is 70.5 cm³/mol. The van der Waals surface area contributed by atoms with Crippen LogP contribution in [0.2, 0.25) is 0 Å². The van der Waals surface area contributed by atoms with Gasteiger partial charge in [0.2, 0.25) is 0 Å². The molecule has 2 rings (SSSR count). The summed E-state index contributed by atoms with van der Waals surface area (Å²) in [6, 6.07) is 9.92. The number of carbonyl (C=O) groups excluding carboxylic acids is 1. The lowest BCUT2D eigenvalue weighted by atomic mass is 9.94. The van der Waals surface area contributed by atoms with Gasteiger partial charge in [-0.05, 0) is 55.7 Å². The maximum atomic E-state index is 13.0. The van der Waals surface area contributed by atoms with Crippen LogP contribution < -0.4 is 0 Å². The molecule has 2 heteroatoms. The fraction of sp³-hybridized carbons (Fsp3) is 0.188. The summed E-state index contributed by atoms with van der Waals surface area (Å²) in [5.74, 6) is -0.362. The first-order valence-electron chi connectivity index (χ1n) is 5.88. The van der Waals surface area contributed by atoms with Crippen molar-refractivity contribution in [2.45, 2.75) is 20.8 Å². The van der Waals surface area contributed by atoms with Gasteiger partial charge in [-0.25, -0.2) is 4.39 Å². The molecular weight excluding hydrogens is 227 g/mol. The molecule has 0 aliphatic rings. The predicted octanol–water partition coefficient (Wildman–Crippen LogP) is 3.98. The number of hydrogen-bond acceptors (Lipinski definition) is 1. The lowest BCUT2D eigenvalue weighted by Gasteiger charge is -2.09. The molecule has 0 saturated carbocycles. The molecular formula is C16H15FO. The molecule has 0 spiro atoms. The molecule has 0 bridgehead atoms. The summed E-state index contributed by atoms with van der Waals surface area (Å²) in [6.45, 7) is 5.66. The molecule has 18 heavy (non-hydrogen) atoms. The number of rotatable bonds is 2. The van der Waals surface area contributed by atoms with Gasteiger partial charge < -0.3 is 0 Å². The van der Waals surface area contributed by atoms with Crippen LogP contribution in [-0.4, -0.2) is 5.78 Å². The Morgan fingerprint density at radius 2 is 1.67 bits per heavy atom. The summed E-state index contributed by atoms with van der Waals surface area (Å²) >= 11 is 0. The second-order valence-corrected chi connectivity index (χ2v) is 4.54. The zero-order valence-corrected chi connectivity index (χ0v) is 10.8. The molecule has 2 aromatic carbocycles.